The van der Waals surface area contributed by atoms with Crippen LogP contribution in [0.4, 0.5) is 5.69 Å². The van der Waals surface area contributed by atoms with Crippen LogP contribution in [0.1, 0.15) is 35.2 Å². The van der Waals surface area contributed by atoms with Gasteiger partial charge >= 0.3 is 0 Å². The molecule has 2 unspecified atom stereocenters. The maximum absolute atomic E-state index is 12.8. The zero-order valence-electron chi connectivity index (χ0n) is 16.0. The number of anilines is 1. The molecule has 7 heteroatoms. The number of Topliss-reactive ketones (excluding diaryl/α,β-unsaturated/α-hetero) is 1. The average Bonchev–Trinajstić information content (AvgIpc) is 3.41. The molecule has 5 nitrogen and oxygen atoms in total. The minimum atomic E-state index is -0.577. The fourth-order valence-corrected chi connectivity index (χ4v) is 5.35. The number of thiazole rings is 2. The largest absolute Gasteiger partial charge is 0.386 e. The summed E-state index contributed by atoms with van der Waals surface area (Å²) in [6.45, 7) is 5.35. The van der Waals surface area contributed by atoms with Gasteiger partial charge in [0.25, 0.3) is 0 Å². The fraction of sp³-hybridized carbons (Fsp3) is 0.381. The molecule has 2 aromatic heterocycles. The van der Waals surface area contributed by atoms with Crippen LogP contribution in [0.25, 0.3) is 10.6 Å². The number of para-hydroxylation sites is 1. The number of carbonyl (C=O) groups is 1. The van der Waals surface area contributed by atoms with Crippen LogP contribution in [-0.2, 0) is 11.2 Å². The summed E-state index contributed by atoms with van der Waals surface area (Å²) >= 11 is 2.99. The van der Waals surface area contributed by atoms with Crippen LogP contribution in [0.2, 0.25) is 0 Å². The van der Waals surface area contributed by atoms with Gasteiger partial charge in [-0.2, -0.15) is 0 Å². The predicted molar refractivity (Wildman–Crippen MR) is 114 cm³/mol. The Morgan fingerprint density at radius 1 is 1.32 bits per heavy atom. The first-order valence-electron chi connectivity index (χ1n) is 9.44. The number of hydrogen-bond acceptors (Lipinski definition) is 7. The highest BCUT2D eigenvalue weighted by Gasteiger charge is 2.29. The predicted octanol–water partition coefficient (Wildman–Crippen LogP) is 4.27. The van der Waals surface area contributed by atoms with Crippen LogP contribution in [0, 0.1) is 12.8 Å². The van der Waals surface area contributed by atoms with Crippen molar-refractivity contribution in [1.82, 2.24) is 9.97 Å². The van der Waals surface area contributed by atoms with Crippen molar-refractivity contribution < 1.29 is 9.90 Å². The second-order valence-electron chi connectivity index (χ2n) is 7.18. The number of hydrogen-bond donors (Lipinski definition) is 1. The summed E-state index contributed by atoms with van der Waals surface area (Å²) in [6.07, 6.45) is 0.712. The van der Waals surface area contributed by atoms with Crippen molar-refractivity contribution >= 4 is 34.1 Å². The van der Waals surface area contributed by atoms with Crippen molar-refractivity contribution in [3.05, 3.63) is 51.4 Å². The maximum Gasteiger partial charge on any atom is 0.144 e. The molecule has 0 amide bonds. The van der Waals surface area contributed by atoms with Crippen molar-refractivity contribution in [3.8, 4) is 10.6 Å². The number of nitrogens with zero attached hydrogens (tertiary/aromatic N) is 3. The van der Waals surface area contributed by atoms with Crippen LogP contribution in [0.5, 0.6) is 0 Å². The first-order chi connectivity index (χ1) is 13.5. The molecule has 0 saturated carbocycles. The number of aliphatic hydroxyl groups excluding tert-OH is 1. The van der Waals surface area contributed by atoms with Crippen molar-refractivity contribution in [3.63, 3.8) is 0 Å². The molecule has 1 aliphatic rings. The Balaban J connectivity index is 1.41. The van der Waals surface area contributed by atoms with Gasteiger partial charge in [0.1, 0.15) is 21.9 Å². The highest BCUT2D eigenvalue weighted by molar-refractivity contribution is 7.16. The number of aryl methyl sites for hydroxylation is 1. The molecule has 1 saturated heterocycles. The van der Waals surface area contributed by atoms with Gasteiger partial charge < -0.3 is 10.0 Å². The van der Waals surface area contributed by atoms with Crippen LogP contribution < -0.4 is 4.90 Å². The molecular weight excluding hydrogens is 390 g/mol. The molecular formula is C21H23N3O2S2. The van der Waals surface area contributed by atoms with Crippen molar-refractivity contribution in [2.45, 2.75) is 32.8 Å². The van der Waals surface area contributed by atoms with Gasteiger partial charge in [-0.1, -0.05) is 18.2 Å². The second-order valence-corrected chi connectivity index (χ2v) is 9.15. The van der Waals surface area contributed by atoms with Crippen molar-refractivity contribution in [2.75, 3.05) is 18.0 Å². The van der Waals surface area contributed by atoms with Crippen molar-refractivity contribution in [1.29, 1.82) is 0 Å². The van der Waals surface area contributed by atoms with Gasteiger partial charge in [0.2, 0.25) is 0 Å². The van der Waals surface area contributed by atoms with E-state index in [1.54, 1.807) is 6.92 Å². The Kier molecular flexibility index (Phi) is 5.57. The Hall–Kier alpha value is -2.09. The van der Waals surface area contributed by atoms with E-state index in [-0.39, 0.29) is 11.7 Å². The smallest absolute Gasteiger partial charge is 0.144 e. The lowest BCUT2D eigenvalue weighted by Gasteiger charge is -2.18. The third-order valence-electron chi connectivity index (χ3n) is 5.05. The van der Waals surface area contributed by atoms with E-state index in [1.807, 2.05) is 30.5 Å². The highest BCUT2D eigenvalue weighted by Crippen LogP contribution is 2.33. The number of carbonyl (C=O) groups excluding carboxylic acids is 1. The number of aliphatic hydroxyl groups is 1. The third-order valence-corrected chi connectivity index (χ3v) is 7.24. The quantitative estimate of drug-likeness (QED) is 0.654. The molecule has 0 bridgehead atoms. The summed E-state index contributed by atoms with van der Waals surface area (Å²) in [4.78, 5) is 25.1. The molecule has 146 valence electrons. The summed E-state index contributed by atoms with van der Waals surface area (Å²) in [5.74, 6) is 0.338. The number of rotatable bonds is 6. The molecule has 0 aliphatic carbocycles. The van der Waals surface area contributed by atoms with E-state index in [0.717, 1.165) is 40.8 Å². The molecule has 2 atom stereocenters. The minimum absolute atomic E-state index is 0.0690. The zero-order valence-corrected chi connectivity index (χ0v) is 17.6. The number of ketones is 1. The molecule has 1 fully saturated rings. The summed E-state index contributed by atoms with van der Waals surface area (Å²) < 4.78 is 0. The molecule has 3 aromatic rings. The standard InChI is InChI=1S/C21H23N3O2S2/c1-13-20(28-21(22-13)14(2)25)17-12-27-19(23-17)10-18(26)15-8-9-24(11-15)16-6-4-3-5-7-16/h3-7,12,14-15,25H,8-11H2,1-2H3. The van der Waals surface area contributed by atoms with Crippen LogP contribution >= 0.6 is 22.7 Å². The Bertz CT molecular complexity index is 965. The van der Waals surface area contributed by atoms with E-state index in [9.17, 15) is 9.90 Å². The van der Waals surface area contributed by atoms with Gasteiger partial charge in [-0.05, 0) is 32.4 Å². The average molecular weight is 414 g/mol. The molecule has 0 spiro atoms. The van der Waals surface area contributed by atoms with Gasteiger partial charge in [0.05, 0.1) is 22.7 Å². The molecule has 3 heterocycles. The summed E-state index contributed by atoms with van der Waals surface area (Å²) in [5.41, 5.74) is 2.91. The normalized spacial score (nSPS) is 17.8. The van der Waals surface area contributed by atoms with Crippen LogP contribution in [-0.4, -0.2) is 33.9 Å². The lowest BCUT2D eigenvalue weighted by atomic mass is 10.0. The van der Waals surface area contributed by atoms with Crippen LogP contribution in [0.15, 0.2) is 35.7 Å². The monoisotopic (exact) mass is 413 g/mol. The third kappa shape index (κ3) is 4.01. The Morgan fingerprint density at radius 2 is 2.11 bits per heavy atom. The number of benzene rings is 1. The Morgan fingerprint density at radius 3 is 2.82 bits per heavy atom. The van der Waals surface area contributed by atoms with Gasteiger partial charge in [-0.25, -0.2) is 9.97 Å². The highest BCUT2D eigenvalue weighted by atomic mass is 32.1. The van der Waals surface area contributed by atoms with Gasteiger partial charge in [0, 0.05) is 30.1 Å². The fourth-order valence-electron chi connectivity index (χ4n) is 3.52. The molecule has 4 rings (SSSR count). The van der Waals surface area contributed by atoms with Gasteiger partial charge in [-0.15, -0.1) is 22.7 Å². The second kappa shape index (κ2) is 8.11. The SMILES string of the molecule is Cc1nc(C(C)O)sc1-c1csc(CC(=O)C2CCN(c3ccccc3)C2)n1. The number of aromatic nitrogens is 2. The molecule has 0 radical (unpaired) electrons. The van der Waals surface area contributed by atoms with Gasteiger partial charge in [0.15, 0.2) is 0 Å². The summed E-state index contributed by atoms with van der Waals surface area (Å²) in [5, 5.41) is 13.3. The lowest BCUT2D eigenvalue weighted by Crippen LogP contribution is -2.23. The van der Waals surface area contributed by atoms with E-state index in [1.165, 1.54) is 28.4 Å². The van der Waals surface area contributed by atoms with Gasteiger partial charge in [-0.3, -0.25) is 4.79 Å². The van der Waals surface area contributed by atoms with E-state index < -0.39 is 6.10 Å². The van der Waals surface area contributed by atoms with E-state index in [4.69, 9.17) is 0 Å². The molecule has 1 N–H and O–H groups in total. The van der Waals surface area contributed by atoms with E-state index >= 15 is 0 Å². The van der Waals surface area contributed by atoms with E-state index in [2.05, 4.69) is 27.0 Å². The molecule has 28 heavy (non-hydrogen) atoms. The molecule has 1 aliphatic heterocycles. The summed E-state index contributed by atoms with van der Waals surface area (Å²) in [7, 11) is 0. The lowest BCUT2D eigenvalue weighted by molar-refractivity contribution is -0.121. The first-order valence-corrected chi connectivity index (χ1v) is 11.1. The summed E-state index contributed by atoms with van der Waals surface area (Å²) in [6, 6.07) is 10.3. The maximum atomic E-state index is 12.8. The first kappa shape index (κ1) is 19.2. The van der Waals surface area contributed by atoms with Crippen molar-refractivity contribution in [2.24, 2.45) is 5.92 Å². The minimum Gasteiger partial charge on any atom is -0.386 e. The van der Waals surface area contributed by atoms with E-state index in [0.29, 0.717) is 11.4 Å². The Labute approximate surface area is 172 Å². The van der Waals surface area contributed by atoms with Crippen LogP contribution in [0.3, 0.4) is 0 Å². The molecule has 1 aromatic carbocycles. The topological polar surface area (TPSA) is 66.3 Å². The zero-order chi connectivity index (χ0) is 19.7.